The third-order valence-corrected chi connectivity index (χ3v) is 4.93. The summed E-state index contributed by atoms with van der Waals surface area (Å²) in [6, 6.07) is 6.46. The molecule has 5 nitrogen and oxygen atoms in total. The number of pyridine rings is 1. The van der Waals surface area contributed by atoms with Crippen molar-refractivity contribution in [2.75, 3.05) is 25.5 Å². The second-order valence-corrected chi connectivity index (χ2v) is 6.39. The number of nitrogens with zero attached hydrogens (tertiary/aromatic N) is 3. The van der Waals surface area contributed by atoms with E-state index >= 15 is 0 Å². The average Bonchev–Trinajstić information content (AvgIpc) is 3.17. The first-order valence-electron chi connectivity index (χ1n) is 7.62. The SMILES string of the molecule is CCCNC(CSc1nnc2ccccn12)C1CCOC1. The van der Waals surface area contributed by atoms with Gasteiger partial charge in [0.1, 0.15) is 0 Å². The molecule has 3 rings (SSSR count). The van der Waals surface area contributed by atoms with E-state index in [0.29, 0.717) is 12.0 Å². The number of nitrogens with one attached hydrogen (secondary N) is 1. The van der Waals surface area contributed by atoms with Crippen LogP contribution in [0.4, 0.5) is 0 Å². The number of hydrogen-bond acceptors (Lipinski definition) is 5. The van der Waals surface area contributed by atoms with E-state index in [9.17, 15) is 0 Å². The van der Waals surface area contributed by atoms with Crippen molar-refractivity contribution < 1.29 is 4.74 Å². The first-order chi connectivity index (χ1) is 10.4. The molecule has 0 radical (unpaired) electrons. The van der Waals surface area contributed by atoms with Gasteiger partial charge in [0.2, 0.25) is 0 Å². The summed E-state index contributed by atoms with van der Waals surface area (Å²) in [7, 11) is 0. The highest BCUT2D eigenvalue weighted by atomic mass is 32.2. The summed E-state index contributed by atoms with van der Waals surface area (Å²) in [4.78, 5) is 0. The molecular weight excluding hydrogens is 284 g/mol. The predicted octanol–water partition coefficient (Wildman–Crippen LogP) is 2.23. The van der Waals surface area contributed by atoms with E-state index in [0.717, 1.165) is 49.2 Å². The fourth-order valence-electron chi connectivity index (χ4n) is 2.64. The van der Waals surface area contributed by atoms with Crippen molar-refractivity contribution in [1.82, 2.24) is 19.9 Å². The smallest absolute Gasteiger partial charge is 0.195 e. The van der Waals surface area contributed by atoms with Crippen LogP contribution in [-0.2, 0) is 4.74 Å². The molecule has 2 atom stereocenters. The molecule has 1 fully saturated rings. The summed E-state index contributed by atoms with van der Waals surface area (Å²) in [5.74, 6) is 1.62. The lowest BCUT2D eigenvalue weighted by atomic mass is 10.0. The lowest BCUT2D eigenvalue weighted by Gasteiger charge is -2.23. The maximum absolute atomic E-state index is 5.54. The molecule has 3 heterocycles. The van der Waals surface area contributed by atoms with Crippen LogP contribution < -0.4 is 5.32 Å². The molecule has 2 aromatic heterocycles. The Morgan fingerprint density at radius 2 is 2.43 bits per heavy atom. The molecule has 0 aliphatic carbocycles. The molecule has 0 aromatic carbocycles. The van der Waals surface area contributed by atoms with E-state index in [1.54, 1.807) is 11.8 Å². The molecule has 1 aliphatic rings. The molecule has 2 aromatic rings. The zero-order valence-corrected chi connectivity index (χ0v) is 13.2. The monoisotopic (exact) mass is 306 g/mol. The molecule has 2 unspecified atom stereocenters. The minimum atomic E-state index is 0.480. The van der Waals surface area contributed by atoms with Crippen LogP contribution >= 0.6 is 11.8 Å². The number of ether oxygens (including phenoxy) is 1. The molecule has 21 heavy (non-hydrogen) atoms. The fraction of sp³-hybridized carbons (Fsp3) is 0.600. The van der Waals surface area contributed by atoms with Gasteiger partial charge >= 0.3 is 0 Å². The van der Waals surface area contributed by atoms with Gasteiger partial charge in [0.05, 0.1) is 6.61 Å². The Bertz CT molecular complexity index is 568. The molecule has 1 N–H and O–H groups in total. The van der Waals surface area contributed by atoms with Crippen molar-refractivity contribution in [3.05, 3.63) is 24.4 Å². The third kappa shape index (κ3) is 3.56. The summed E-state index contributed by atoms with van der Waals surface area (Å²) in [6.45, 7) is 5.03. The summed E-state index contributed by atoms with van der Waals surface area (Å²) < 4.78 is 7.59. The quantitative estimate of drug-likeness (QED) is 0.795. The van der Waals surface area contributed by atoms with Gasteiger partial charge in [-0.1, -0.05) is 24.8 Å². The van der Waals surface area contributed by atoms with Gasteiger partial charge in [0, 0.05) is 30.5 Å². The van der Waals surface area contributed by atoms with Crippen molar-refractivity contribution in [1.29, 1.82) is 0 Å². The predicted molar refractivity (Wildman–Crippen MR) is 84.7 cm³/mol. The van der Waals surface area contributed by atoms with Crippen molar-refractivity contribution in [3.63, 3.8) is 0 Å². The number of thioether (sulfide) groups is 1. The summed E-state index contributed by atoms with van der Waals surface area (Å²) in [5.41, 5.74) is 0.905. The van der Waals surface area contributed by atoms with E-state index in [4.69, 9.17) is 4.74 Å². The normalized spacial score (nSPS) is 20.1. The van der Waals surface area contributed by atoms with Gasteiger partial charge in [0.25, 0.3) is 0 Å². The minimum Gasteiger partial charge on any atom is -0.381 e. The van der Waals surface area contributed by atoms with E-state index in [2.05, 4.69) is 22.4 Å². The Kier molecular flexibility index (Phi) is 5.11. The maximum Gasteiger partial charge on any atom is 0.195 e. The Morgan fingerprint density at radius 1 is 1.48 bits per heavy atom. The van der Waals surface area contributed by atoms with Crippen molar-refractivity contribution in [3.8, 4) is 0 Å². The maximum atomic E-state index is 5.54. The van der Waals surface area contributed by atoms with Gasteiger partial charge in [-0.3, -0.25) is 4.40 Å². The zero-order chi connectivity index (χ0) is 14.5. The number of aromatic nitrogens is 3. The largest absolute Gasteiger partial charge is 0.381 e. The van der Waals surface area contributed by atoms with Gasteiger partial charge in [-0.2, -0.15) is 0 Å². The van der Waals surface area contributed by atoms with Crippen molar-refractivity contribution in [2.45, 2.75) is 31.0 Å². The van der Waals surface area contributed by atoms with E-state index in [1.165, 1.54) is 0 Å². The van der Waals surface area contributed by atoms with Crippen LogP contribution in [0.25, 0.3) is 5.65 Å². The highest BCUT2D eigenvalue weighted by molar-refractivity contribution is 7.99. The molecule has 0 amide bonds. The molecule has 1 aliphatic heterocycles. The van der Waals surface area contributed by atoms with Crippen LogP contribution in [0.1, 0.15) is 19.8 Å². The Morgan fingerprint density at radius 3 is 3.24 bits per heavy atom. The highest BCUT2D eigenvalue weighted by Crippen LogP contribution is 2.24. The molecule has 114 valence electrons. The van der Waals surface area contributed by atoms with Crippen LogP contribution in [-0.4, -0.2) is 46.2 Å². The minimum absolute atomic E-state index is 0.480. The summed E-state index contributed by atoms with van der Waals surface area (Å²) in [5, 5.41) is 13.1. The van der Waals surface area contributed by atoms with Crippen LogP contribution in [0.2, 0.25) is 0 Å². The standard InChI is InChI=1S/C15H22N4OS/c1-2-7-16-13(12-6-9-20-10-12)11-21-15-18-17-14-5-3-4-8-19(14)15/h3-5,8,12-13,16H,2,6-7,9-11H2,1H3. The number of rotatable bonds is 7. The van der Waals surface area contributed by atoms with E-state index in [-0.39, 0.29) is 0 Å². The van der Waals surface area contributed by atoms with Crippen LogP contribution in [0.15, 0.2) is 29.6 Å². The van der Waals surface area contributed by atoms with Gasteiger partial charge in [-0.15, -0.1) is 10.2 Å². The van der Waals surface area contributed by atoms with Gasteiger partial charge in [0.15, 0.2) is 10.8 Å². The Balaban J connectivity index is 1.65. The lowest BCUT2D eigenvalue weighted by molar-refractivity contribution is 0.179. The fourth-order valence-corrected chi connectivity index (χ4v) is 3.75. The molecule has 6 heteroatoms. The second kappa shape index (κ2) is 7.24. The van der Waals surface area contributed by atoms with Gasteiger partial charge in [-0.05, 0) is 31.5 Å². The zero-order valence-electron chi connectivity index (χ0n) is 12.4. The van der Waals surface area contributed by atoms with Crippen LogP contribution in [0, 0.1) is 5.92 Å². The van der Waals surface area contributed by atoms with E-state index < -0.39 is 0 Å². The number of fused-ring (bicyclic) bond motifs is 1. The van der Waals surface area contributed by atoms with Crippen molar-refractivity contribution in [2.24, 2.45) is 5.92 Å². The van der Waals surface area contributed by atoms with E-state index in [1.807, 2.05) is 28.8 Å². The van der Waals surface area contributed by atoms with Gasteiger partial charge in [-0.25, -0.2) is 0 Å². The van der Waals surface area contributed by atoms with Crippen LogP contribution in [0.3, 0.4) is 0 Å². The second-order valence-electron chi connectivity index (χ2n) is 5.41. The topological polar surface area (TPSA) is 51.5 Å². The first kappa shape index (κ1) is 14.8. The molecule has 0 saturated carbocycles. The Labute approximate surface area is 129 Å². The summed E-state index contributed by atoms with van der Waals surface area (Å²) in [6.07, 6.45) is 4.33. The third-order valence-electron chi connectivity index (χ3n) is 3.86. The lowest BCUT2D eigenvalue weighted by Crippen LogP contribution is -2.39. The molecule has 0 bridgehead atoms. The van der Waals surface area contributed by atoms with Crippen LogP contribution in [0.5, 0.6) is 0 Å². The molecule has 0 spiro atoms. The molecular formula is C15H22N4OS. The molecule has 1 saturated heterocycles. The van der Waals surface area contributed by atoms with Crippen molar-refractivity contribution >= 4 is 17.4 Å². The van der Waals surface area contributed by atoms with Gasteiger partial charge < -0.3 is 10.1 Å². The highest BCUT2D eigenvalue weighted by Gasteiger charge is 2.25. The average molecular weight is 306 g/mol. The summed E-state index contributed by atoms with van der Waals surface area (Å²) >= 11 is 1.77. The number of hydrogen-bond donors (Lipinski definition) is 1. The Hall–Kier alpha value is -1.11. The first-order valence-corrected chi connectivity index (χ1v) is 8.60.